The summed E-state index contributed by atoms with van der Waals surface area (Å²) in [6.45, 7) is 0.501. The molecular formula is C14H14ClN3O3S. The third-order valence-electron chi connectivity index (χ3n) is 3.33. The van der Waals surface area contributed by atoms with Gasteiger partial charge in [0, 0.05) is 30.2 Å². The van der Waals surface area contributed by atoms with E-state index in [1.807, 2.05) is 5.41 Å². The van der Waals surface area contributed by atoms with Crippen LogP contribution in [-0.4, -0.2) is 40.2 Å². The van der Waals surface area contributed by atoms with E-state index < -0.39 is 12.0 Å². The second-order valence-electron chi connectivity index (χ2n) is 4.87. The number of pyridine rings is 1. The zero-order chi connectivity index (χ0) is 15.5. The maximum Gasteiger partial charge on any atom is 0.328 e. The van der Waals surface area contributed by atoms with Gasteiger partial charge in [-0.05, 0) is 12.1 Å². The van der Waals surface area contributed by atoms with E-state index in [1.54, 1.807) is 30.1 Å². The van der Waals surface area contributed by atoms with Crippen molar-refractivity contribution >= 4 is 40.9 Å². The first-order valence-corrected chi connectivity index (χ1v) is 8.20. The van der Waals surface area contributed by atoms with Crippen molar-refractivity contribution in [2.75, 3.05) is 17.4 Å². The number of aliphatic carboxylic acids is 1. The fourth-order valence-electron chi connectivity index (χ4n) is 2.18. The van der Waals surface area contributed by atoms with Crippen LogP contribution in [0.15, 0.2) is 34.6 Å². The van der Waals surface area contributed by atoms with Crippen molar-refractivity contribution in [3.8, 4) is 0 Å². The highest BCUT2D eigenvalue weighted by Crippen LogP contribution is 2.30. The van der Waals surface area contributed by atoms with Crippen molar-refractivity contribution in [2.24, 2.45) is 5.10 Å². The number of halogens is 1. The van der Waals surface area contributed by atoms with Gasteiger partial charge in [-0.15, -0.1) is 11.8 Å². The summed E-state index contributed by atoms with van der Waals surface area (Å²) in [6, 6.07) is 2.58. The minimum Gasteiger partial charge on any atom is -0.496 e. The quantitative estimate of drug-likeness (QED) is 0.859. The Bertz CT molecular complexity index is 650. The number of ether oxygens (including phenoxy) is 1. The molecule has 1 aromatic rings. The van der Waals surface area contributed by atoms with Crippen molar-refractivity contribution < 1.29 is 14.6 Å². The highest BCUT2D eigenvalue weighted by atomic mass is 35.5. The molecule has 1 unspecified atom stereocenters. The fraction of sp³-hybridized carbons (Fsp3) is 0.357. The molecule has 0 aromatic carbocycles. The molecule has 116 valence electrons. The van der Waals surface area contributed by atoms with Crippen LogP contribution in [0.4, 0.5) is 5.82 Å². The molecule has 0 spiro atoms. The van der Waals surface area contributed by atoms with E-state index in [4.69, 9.17) is 16.3 Å². The number of anilines is 1. The monoisotopic (exact) mass is 339 g/mol. The van der Waals surface area contributed by atoms with Crippen LogP contribution < -0.4 is 5.01 Å². The molecule has 1 atom stereocenters. The van der Waals surface area contributed by atoms with Gasteiger partial charge in [-0.25, -0.2) is 14.8 Å². The summed E-state index contributed by atoms with van der Waals surface area (Å²) >= 11 is 7.80. The minimum atomic E-state index is -0.945. The lowest BCUT2D eigenvalue weighted by Crippen LogP contribution is -2.34. The van der Waals surface area contributed by atoms with Crippen LogP contribution in [0.2, 0.25) is 5.02 Å². The molecule has 3 heterocycles. The first kappa shape index (κ1) is 15.2. The van der Waals surface area contributed by atoms with E-state index in [0.29, 0.717) is 30.3 Å². The van der Waals surface area contributed by atoms with Crippen molar-refractivity contribution in [1.29, 1.82) is 0 Å². The fourth-order valence-corrected chi connectivity index (χ4v) is 2.85. The number of aromatic nitrogens is 1. The van der Waals surface area contributed by atoms with E-state index >= 15 is 0 Å². The van der Waals surface area contributed by atoms with Gasteiger partial charge in [-0.2, -0.15) is 5.10 Å². The third kappa shape index (κ3) is 3.20. The second-order valence-corrected chi connectivity index (χ2v) is 6.14. The normalized spacial score (nSPS) is 20.2. The summed E-state index contributed by atoms with van der Waals surface area (Å²) in [5, 5.41) is 17.5. The first-order chi connectivity index (χ1) is 10.6. The number of hydrazone groups is 1. The molecule has 22 heavy (non-hydrogen) atoms. The summed E-state index contributed by atoms with van der Waals surface area (Å²) in [4.78, 5) is 15.6. The molecule has 0 fully saturated rings. The van der Waals surface area contributed by atoms with Crippen LogP contribution in [-0.2, 0) is 9.53 Å². The number of carbonyl (C=O) groups is 1. The molecule has 6 nitrogen and oxygen atoms in total. The van der Waals surface area contributed by atoms with Gasteiger partial charge in [-0.3, -0.25) is 0 Å². The lowest BCUT2D eigenvalue weighted by molar-refractivity contribution is -0.138. The molecule has 3 rings (SSSR count). The number of hydrogen-bond donors (Lipinski definition) is 1. The Kier molecular flexibility index (Phi) is 4.54. The topological polar surface area (TPSA) is 75.0 Å². The van der Waals surface area contributed by atoms with Crippen LogP contribution in [0.1, 0.15) is 12.8 Å². The second kappa shape index (κ2) is 6.58. The molecule has 0 saturated carbocycles. The van der Waals surface area contributed by atoms with E-state index in [2.05, 4.69) is 10.1 Å². The van der Waals surface area contributed by atoms with Crippen LogP contribution in [0.25, 0.3) is 0 Å². The number of thioether (sulfide) groups is 1. The van der Waals surface area contributed by atoms with E-state index in [0.717, 1.165) is 17.2 Å². The van der Waals surface area contributed by atoms with E-state index in [-0.39, 0.29) is 0 Å². The molecule has 2 aliphatic heterocycles. The SMILES string of the molecule is O=C(O)C1CC(CCOC2=CSC2)=NN1c1ncccc1Cl. The van der Waals surface area contributed by atoms with Crippen LogP contribution >= 0.6 is 23.4 Å². The van der Waals surface area contributed by atoms with Crippen LogP contribution in [0, 0.1) is 0 Å². The molecule has 0 radical (unpaired) electrons. The number of carboxylic acid groups (broad SMARTS) is 1. The molecule has 1 N–H and O–H groups in total. The number of carboxylic acids is 1. The standard InChI is InChI=1S/C14H14ClN3O3S/c15-11-2-1-4-16-13(11)18-12(14(19)20)6-9(17-18)3-5-21-10-7-22-8-10/h1-2,4,7,12H,3,5-6,8H2,(H,19,20). The Balaban J connectivity index is 1.71. The lowest BCUT2D eigenvalue weighted by Gasteiger charge is -2.19. The van der Waals surface area contributed by atoms with Crippen molar-refractivity contribution in [3.05, 3.63) is 34.5 Å². The van der Waals surface area contributed by atoms with E-state index in [1.165, 1.54) is 5.01 Å². The molecule has 0 amide bonds. The summed E-state index contributed by atoms with van der Waals surface area (Å²) in [5.74, 6) is 1.30. The Labute approximate surface area is 136 Å². The summed E-state index contributed by atoms with van der Waals surface area (Å²) in [5.41, 5.74) is 0.779. The zero-order valence-electron chi connectivity index (χ0n) is 11.6. The highest BCUT2D eigenvalue weighted by Gasteiger charge is 2.35. The van der Waals surface area contributed by atoms with Gasteiger partial charge >= 0.3 is 5.97 Å². The number of rotatable bonds is 6. The Hall–Kier alpha value is -1.73. The average Bonchev–Trinajstić information content (AvgIpc) is 2.86. The van der Waals surface area contributed by atoms with Gasteiger partial charge in [0.05, 0.1) is 17.4 Å². The Morgan fingerprint density at radius 3 is 3.05 bits per heavy atom. The zero-order valence-corrected chi connectivity index (χ0v) is 13.2. The Morgan fingerprint density at radius 2 is 2.41 bits per heavy atom. The van der Waals surface area contributed by atoms with Gasteiger partial charge in [0.25, 0.3) is 0 Å². The predicted octanol–water partition coefficient (Wildman–Crippen LogP) is 2.75. The molecule has 2 aliphatic rings. The molecule has 0 saturated heterocycles. The third-order valence-corrected chi connectivity index (χ3v) is 4.51. The molecular weight excluding hydrogens is 326 g/mol. The molecule has 0 bridgehead atoms. The van der Waals surface area contributed by atoms with Crippen molar-refractivity contribution in [3.63, 3.8) is 0 Å². The highest BCUT2D eigenvalue weighted by molar-refractivity contribution is 8.03. The van der Waals surface area contributed by atoms with Gasteiger partial charge < -0.3 is 9.84 Å². The average molecular weight is 340 g/mol. The van der Waals surface area contributed by atoms with Gasteiger partial charge in [-0.1, -0.05) is 11.6 Å². The van der Waals surface area contributed by atoms with Crippen molar-refractivity contribution in [1.82, 2.24) is 4.98 Å². The molecule has 0 aliphatic carbocycles. The lowest BCUT2D eigenvalue weighted by atomic mass is 10.1. The first-order valence-electron chi connectivity index (χ1n) is 6.77. The summed E-state index contributed by atoms with van der Waals surface area (Å²) in [7, 11) is 0. The number of nitrogens with zero attached hydrogens (tertiary/aromatic N) is 3. The van der Waals surface area contributed by atoms with Crippen molar-refractivity contribution in [2.45, 2.75) is 18.9 Å². The Morgan fingerprint density at radius 1 is 1.59 bits per heavy atom. The largest absolute Gasteiger partial charge is 0.496 e. The van der Waals surface area contributed by atoms with Crippen LogP contribution in [0.5, 0.6) is 0 Å². The number of hydrogen-bond acceptors (Lipinski definition) is 6. The maximum absolute atomic E-state index is 11.5. The molecule has 8 heteroatoms. The van der Waals surface area contributed by atoms with Crippen LogP contribution in [0.3, 0.4) is 0 Å². The molecule has 1 aromatic heterocycles. The van der Waals surface area contributed by atoms with E-state index in [9.17, 15) is 9.90 Å². The van der Waals surface area contributed by atoms with Gasteiger partial charge in [0.15, 0.2) is 11.9 Å². The minimum absolute atomic E-state index is 0.347. The smallest absolute Gasteiger partial charge is 0.328 e. The maximum atomic E-state index is 11.5. The summed E-state index contributed by atoms with van der Waals surface area (Å²) < 4.78 is 5.55. The van der Waals surface area contributed by atoms with Gasteiger partial charge in [0.1, 0.15) is 5.76 Å². The summed E-state index contributed by atoms with van der Waals surface area (Å²) in [6.07, 6.45) is 2.50. The van der Waals surface area contributed by atoms with Gasteiger partial charge in [0.2, 0.25) is 0 Å². The predicted molar refractivity (Wildman–Crippen MR) is 86.3 cm³/mol.